The fourth-order valence-corrected chi connectivity index (χ4v) is 1.37. The van der Waals surface area contributed by atoms with Crippen LogP contribution in [0.15, 0.2) is 12.7 Å². The molecule has 3 N–H and O–H groups in total. The Morgan fingerprint density at radius 3 is 2.85 bits per heavy atom. The summed E-state index contributed by atoms with van der Waals surface area (Å²) in [6.45, 7) is 6.04. The van der Waals surface area contributed by atoms with E-state index in [-0.39, 0.29) is 6.03 Å². The highest BCUT2D eigenvalue weighted by molar-refractivity contribution is 5.74. The quantitative estimate of drug-likeness (QED) is 0.548. The summed E-state index contributed by atoms with van der Waals surface area (Å²) in [5.74, 6) is 0. The van der Waals surface area contributed by atoms with Crippen molar-refractivity contribution in [3.05, 3.63) is 12.7 Å². The molecule has 0 bridgehead atoms. The van der Waals surface area contributed by atoms with Crippen molar-refractivity contribution < 1.29 is 4.79 Å². The van der Waals surface area contributed by atoms with Gasteiger partial charge < -0.3 is 16.0 Å². The standard InChI is InChI=1S/C9H17N3O/c1-2-5-11-9(13)12-8-3-6-10-7-4-8/h2,8,10H,1,3-7H2,(H2,11,12,13). The lowest BCUT2D eigenvalue weighted by molar-refractivity contribution is 0.234. The second kappa shape index (κ2) is 5.59. The van der Waals surface area contributed by atoms with Gasteiger partial charge in [0.05, 0.1) is 0 Å². The average Bonchev–Trinajstić information content (AvgIpc) is 2.16. The van der Waals surface area contributed by atoms with Crippen LogP contribution in [-0.4, -0.2) is 31.7 Å². The minimum Gasteiger partial charge on any atom is -0.335 e. The highest BCUT2D eigenvalue weighted by Gasteiger charge is 2.14. The number of hydrogen-bond acceptors (Lipinski definition) is 2. The van der Waals surface area contributed by atoms with E-state index in [1.165, 1.54) is 0 Å². The molecule has 2 amide bonds. The van der Waals surface area contributed by atoms with E-state index in [9.17, 15) is 4.79 Å². The molecule has 0 saturated carbocycles. The Hall–Kier alpha value is -1.03. The van der Waals surface area contributed by atoms with Crippen LogP contribution in [0.25, 0.3) is 0 Å². The van der Waals surface area contributed by atoms with Gasteiger partial charge >= 0.3 is 6.03 Å². The van der Waals surface area contributed by atoms with Crippen LogP contribution in [0.3, 0.4) is 0 Å². The molecule has 0 aromatic rings. The molecular formula is C9H17N3O. The van der Waals surface area contributed by atoms with Crippen molar-refractivity contribution in [2.75, 3.05) is 19.6 Å². The second-order valence-corrected chi connectivity index (χ2v) is 3.17. The van der Waals surface area contributed by atoms with Crippen molar-refractivity contribution in [2.45, 2.75) is 18.9 Å². The third kappa shape index (κ3) is 3.94. The lowest BCUT2D eigenvalue weighted by Gasteiger charge is -2.23. The summed E-state index contributed by atoms with van der Waals surface area (Å²) in [4.78, 5) is 11.2. The first-order valence-corrected chi connectivity index (χ1v) is 4.69. The third-order valence-corrected chi connectivity index (χ3v) is 2.08. The van der Waals surface area contributed by atoms with Gasteiger partial charge in [-0.2, -0.15) is 0 Å². The predicted molar refractivity (Wildman–Crippen MR) is 52.6 cm³/mol. The van der Waals surface area contributed by atoms with E-state index >= 15 is 0 Å². The SMILES string of the molecule is C=CCNC(=O)NC1CCNCC1. The molecule has 1 aliphatic heterocycles. The minimum atomic E-state index is -0.0909. The first kappa shape index (κ1) is 10.1. The third-order valence-electron chi connectivity index (χ3n) is 2.08. The zero-order valence-corrected chi connectivity index (χ0v) is 7.81. The van der Waals surface area contributed by atoms with Gasteiger partial charge in [0.2, 0.25) is 0 Å². The van der Waals surface area contributed by atoms with E-state index in [2.05, 4.69) is 22.5 Å². The van der Waals surface area contributed by atoms with Gasteiger partial charge in [-0.05, 0) is 25.9 Å². The van der Waals surface area contributed by atoms with Gasteiger partial charge in [0, 0.05) is 12.6 Å². The van der Waals surface area contributed by atoms with Crippen LogP contribution in [0.4, 0.5) is 4.79 Å². The molecule has 0 aliphatic carbocycles. The van der Waals surface area contributed by atoms with Crippen LogP contribution in [-0.2, 0) is 0 Å². The van der Waals surface area contributed by atoms with Crippen LogP contribution < -0.4 is 16.0 Å². The van der Waals surface area contributed by atoms with E-state index in [0.717, 1.165) is 25.9 Å². The maximum Gasteiger partial charge on any atom is 0.315 e. The van der Waals surface area contributed by atoms with E-state index < -0.39 is 0 Å². The van der Waals surface area contributed by atoms with Gasteiger partial charge in [0.1, 0.15) is 0 Å². The van der Waals surface area contributed by atoms with Crippen molar-refractivity contribution in [3.8, 4) is 0 Å². The molecule has 0 atom stereocenters. The van der Waals surface area contributed by atoms with Gasteiger partial charge in [-0.3, -0.25) is 0 Å². The Kier molecular flexibility index (Phi) is 4.32. The van der Waals surface area contributed by atoms with Gasteiger partial charge in [-0.15, -0.1) is 6.58 Å². The highest BCUT2D eigenvalue weighted by atomic mass is 16.2. The van der Waals surface area contributed by atoms with Crippen LogP contribution in [0.2, 0.25) is 0 Å². The van der Waals surface area contributed by atoms with E-state index in [0.29, 0.717) is 12.6 Å². The van der Waals surface area contributed by atoms with Crippen LogP contribution in [0.5, 0.6) is 0 Å². The minimum absolute atomic E-state index is 0.0909. The second-order valence-electron chi connectivity index (χ2n) is 3.17. The van der Waals surface area contributed by atoms with Crippen LogP contribution in [0.1, 0.15) is 12.8 Å². The summed E-state index contributed by atoms with van der Waals surface area (Å²) in [7, 11) is 0. The first-order valence-electron chi connectivity index (χ1n) is 4.69. The molecule has 1 heterocycles. The molecule has 1 rings (SSSR count). The molecule has 4 heteroatoms. The van der Waals surface area contributed by atoms with Gasteiger partial charge in [-0.25, -0.2) is 4.79 Å². The largest absolute Gasteiger partial charge is 0.335 e. The molecule has 0 aromatic heterocycles. The molecule has 1 saturated heterocycles. The average molecular weight is 183 g/mol. The zero-order valence-electron chi connectivity index (χ0n) is 7.81. The molecule has 0 radical (unpaired) electrons. The molecule has 1 aliphatic rings. The summed E-state index contributed by atoms with van der Waals surface area (Å²) < 4.78 is 0. The van der Waals surface area contributed by atoms with Gasteiger partial charge in [0.25, 0.3) is 0 Å². The Morgan fingerprint density at radius 2 is 2.23 bits per heavy atom. The topological polar surface area (TPSA) is 53.2 Å². The number of hydrogen-bond donors (Lipinski definition) is 3. The fourth-order valence-electron chi connectivity index (χ4n) is 1.37. The summed E-state index contributed by atoms with van der Waals surface area (Å²) in [5, 5.41) is 8.85. The number of piperidine rings is 1. The molecule has 13 heavy (non-hydrogen) atoms. The molecule has 0 unspecified atom stereocenters. The predicted octanol–water partition coefficient (Wildman–Crippen LogP) is 0.224. The Bertz CT molecular complexity index is 176. The highest BCUT2D eigenvalue weighted by Crippen LogP contribution is 2.00. The molecule has 1 fully saturated rings. The van der Waals surface area contributed by atoms with E-state index in [1.54, 1.807) is 6.08 Å². The fraction of sp³-hybridized carbons (Fsp3) is 0.667. The number of rotatable bonds is 3. The molecule has 0 spiro atoms. The molecule has 0 aromatic carbocycles. The lowest BCUT2D eigenvalue weighted by atomic mass is 10.1. The Balaban J connectivity index is 2.14. The summed E-state index contributed by atoms with van der Waals surface area (Å²) in [6.07, 6.45) is 3.70. The van der Waals surface area contributed by atoms with Gasteiger partial charge in [-0.1, -0.05) is 6.08 Å². The normalized spacial score (nSPS) is 17.8. The molecular weight excluding hydrogens is 166 g/mol. The van der Waals surface area contributed by atoms with Crippen LogP contribution in [0, 0.1) is 0 Å². The maximum atomic E-state index is 11.2. The monoisotopic (exact) mass is 183 g/mol. The maximum absolute atomic E-state index is 11.2. The number of carbonyl (C=O) groups is 1. The Labute approximate surface area is 78.8 Å². The summed E-state index contributed by atoms with van der Waals surface area (Å²) >= 11 is 0. The summed E-state index contributed by atoms with van der Waals surface area (Å²) in [5.41, 5.74) is 0. The lowest BCUT2D eigenvalue weighted by Crippen LogP contribution is -2.46. The van der Waals surface area contributed by atoms with Gasteiger partial charge in [0.15, 0.2) is 0 Å². The first-order chi connectivity index (χ1) is 6.33. The number of carbonyl (C=O) groups excluding carboxylic acids is 1. The summed E-state index contributed by atoms with van der Waals surface area (Å²) in [6, 6.07) is 0.234. The van der Waals surface area contributed by atoms with Crippen molar-refractivity contribution in [1.82, 2.24) is 16.0 Å². The van der Waals surface area contributed by atoms with Crippen molar-refractivity contribution in [3.63, 3.8) is 0 Å². The molecule has 4 nitrogen and oxygen atoms in total. The molecule has 74 valence electrons. The van der Waals surface area contributed by atoms with Crippen molar-refractivity contribution in [2.24, 2.45) is 0 Å². The van der Waals surface area contributed by atoms with Crippen molar-refractivity contribution in [1.29, 1.82) is 0 Å². The number of nitrogens with one attached hydrogen (secondary N) is 3. The van der Waals surface area contributed by atoms with Crippen molar-refractivity contribution >= 4 is 6.03 Å². The van der Waals surface area contributed by atoms with E-state index in [1.807, 2.05) is 0 Å². The zero-order chi connectivity index (χ0) is 9.52. The number of amides is 2. The van der Waals surface area contributed by atoms with Crippen LogP contribution >= 0.6 is 0 Å². The number of urea groups is 1. The Morgan fingerprint density at radius 1 is 1.54 bits per heavy atom. The van der Waals surface area contributed by atoms with E-state index in [4.69, 9.17) is 0 Å². The smallest absolute Gasteiger partial charge is 0.315 e.